The summed E-state index contributed by atoms with van der Waals surface area (Å²) in [5.74, 6) is 1.50. The molecule has 10 aromatic rings. The predicted molar refractivity (Wildman–Crippen MR) is 443 cm³/mol. The minimum atomic E-state index is -0.397. The van der Waals surface area contributed by atoms with Crippen LogP contribution in [0.4, 0.5) is 0 Å². The van der Waals surface area contributed by atoms with Crippen LogP contribution in [0.25, 0.3) is 0 Å². The Kier molecular flexibility index (Phi) is 37.3. The van der Waals surface area contributed by atoms with Gasteiger partial charge in [-0.15, -0.1) is 0 Å². The average molecular weight is 1490 g/mol. The number of hydrogen-bond donors (Lipinski definition) is 0. The van der Waals surface area contributed by atoms with Crippen LogP contribution in [0.3, 0.4) is 0 Å². The summed E-state index contributed by atoms with van der Waals surface area (Å²) in [6.45, 7) is 5.25. The molecular formula is C90H110Fe2P6. The van der Waals surface area contributed by atoms with E-state index in [1.165, 1.54) is 149 Å². The van der Waals surface area contributed by atoms with Crippen molar-refractivity contribution in [1.29, 1.82) is 0 Å². The van der Waals surface area contributed by atoms with Crippen LogP contribution in [-0.4, -0.2) is 47.3 Å². The maximum absolute atomic E-state index is 2.62. The van der Waals surface area contributed by atoms with Gasteiger partial charge in [-0.05, 0) is 170 Å². The van der Waals surface area contributed by atoms with Crippen LogP contribution >= 0.6 is 47.5 Å². The fourth-order valence-electron chi connectivity index (χ4n) is 15.4. The molecule has 8 heteroatoms. The minimum Gasteiger partial charge on any atom is -0.0776 e. The normalized spacial score (nSPS) is 18.1. The summed E-state index contributed by atoms with van der Waals surface area (Å²) in [5, 5.41) is 15.4. The second-order valence-corrected chi connectivity index (χ2v) is 41.1. The van der Waals surface area contributed by atoms with E-state index in [2.05, 4.69) is 317 Å². The molecule has 0 spiro atoms. The summed E-state index contributed by atoms with van der Waals surface area (Å²) in [4.78, 5) is 0. The predicted octanol–water partition coefficient (Wildman–Crippen LogP) is 22.4. The zero-order valence-electron chi connectivity index (χ0n) is 56.9. The van der Waals surface area contributed by atoms with Crippen molar-refractivity contribution in [2.75, 3.05) is 24.6 Å². The largest absolute Gasteiger partial charge is 0.0776 e. The Hall–Kier alpha value is -4.18. The zero-order chi connectivity index (χ0) is 64.2. The van der Waals surface area contributed by atoms with Gasteiger partial charge in [-0.3, -0.25) is 0 Å². The third-order valence-corrected chi connectivity index (χ3v) is 38.0. The third-order valence-electron chi connectivity index (χ3n) is 20.2. The molecule has 10 aromatic carbocycles. The SMILES string of the molecule is C.C.C1CCCC1.C1CCCC1.C[C@H](C1CCCC1P(c1ccccc1)c1ccccc1)[P@@](CCP(c1ccccc1)c1ccccc1)c1ccccc1.C[C@H](C1CCCC1P(c1ccccc1)c1ccccc1)[P@@](CCP(c1ccccc1)c1ccccc1)c1ccccc1.[Fe].[Fe]. The molecule has 0 aliphatic heterocycles. The van der Waals surface area contributed by atoms with Crippen molar-refractivity contribution in [2.24, 2.45) is 11.8 Å². The zero-order valence-corrected chi connectivity index (χ0v) is 64.4. The molecule has 0 bridgehead atoms. The molecule has 98 heavy (non-hydrogen) atoms. The van der Waals surface area contributed by atoms with Gasteiger partial charge in [0, 0.05) is 34.1 Å². The molecule has 0 amide bonds. The van der Waals surface area contributed by atoms with Crippen molar-refractivity contribution < 1.29 is 34.1 Å². The fraction of sp³-hybridized carbons (Fsp3) is 0.333. The number of benzene rings is 10. The van der Waals surface area contributed by atoms with Gasteiger partial charge < -0.3 is 0 Å². The molecule has 0 N–H and O–H groups in total. The molecule has 8 atom stereocenters. The fourth-order valence-corrected chi connectivity index (χ4v) is 34.3. The van der Waals surface area contributed by atoms with Gasteiger partial charge in [0.2, 0.25) is 0 Å². The quantitative estimate of drug-likeness (QED) is 0.0469. The van der Waals surface area contributed by atoms with Crippen LogP contribution in [0, 0.1) is 11.8 Å². The molecule has 0 aromatic heterocycles. The van der Waals surface area contributed by atoms with E-state index in [0.717, 1.165) is 23.2 Å². The summed E-state index contributed by atoms with van der Waals surface area (Å²) in [7, 11) is -2.17. The Morgan fingerprint density at radius 2 is 0.418 bits per heavy atom. The standard InChI is InChI=1S/2C39H41P3.2C5H10.2CH4.2Fe/c2*1-32(38-28-17-29-39(38)42(36-24-13-5-14-25-36)37-26-15-6-16-27-37)40(33-18-7-2-8-19-33)30-31-41(34-20-9-3-10-21-34)35-22-11-4-12-23-35;2*1-2-4-5-3-1;;;;/h2*2-16,18-27,32,38-39H,17,28-31H2,1H3;2*1-5H2;2*1H4;;/t2*32-,38?,39?,40-;;;;;;/m11....../s1. The summed E-state index contributed by atoms with van der Waals surface area (Å²) in [6, 6.07) is 114. The molecule has 516 valence electrons. The van der Waals surface area contributed by atoms with Crippen LogP contribution in [-0.2, 0) is 34.1 Å². The molecule has 0 saturated heterocycles. The first-order valence-electron chi connectivity index (χ1n) is 35.8. The van der Waals surface area contributed by atoms with Crippen LogP contribution < -0.4 is 53.0 Å². The second-order valence-electron chi connectivity index (χ2n) is 26.1. The molecule has 0 nitrogen and oxygen atoms in total. The molecule has 0 heterocycles. The molecule has 0 radical (unpaired) electrons. The van der Waals surface area contributed by atoms with Crippen molar-refractivity contribution in [1.82, 2.24) is 0 Å². The van der Waals surface area contributed by atoms with Crippen molar-refractivity contribution in [3.63, 3.8) is 0 Å². The van der Waals surface area contributed by atoms with Gasteiger partial charge in [0.1, 0.15) is 0 Å². The smallest absolute Gasteiger partial charge is 0 e. The first-order valence-corrected chi connectivity index (χ1v) is 44.8. The van der Waals surface area contributed by atoms with Gasteiger partial charge >= 0.3 is 0 Å². The minimum absolute atomic E-state index is 0. The van der Waals surface area contributed by atoms with E-state index in [9.17, 15) is 0 Å². The topological polar surface area (TPSA) is 0 Å². The van der Waals surface area contributed by atoms with E-state index in [4.69, 9.17) is 0 Å². The molecule has 4 aliphatic carbocycles. The summed E-state index contributed by atoms with van der Waals surface area (Å²) in [5.41, 5.74) is 2.85. The third kappa shape index (κ3) is 23.4. The number of rotatable bonds is 22. The second kappa shape index (κ2) is 45.0. The molecule has 4 unspecified atom stereocenters. The summed E-state index contributed by atoms with van der Waals surface area (Å²) < 4.78 is 0. The Bertz CT molecular complexity index is 3200. The molecule has 4 saturated carbocycles. The molecule has 14 rings (SSSR count). The van der Waals surface area contributed by atoms with E-state index < -0.39 is 15.8 Å². The Morgan fingerprint density at radius 3 is 0.622 bits per heavy atom. The van der Waals surface area contributed by atoms with Crippen molar-refractivity contribution in [3.8, 4) is 0 Å². The van der Waals surface area contributed by atoms with E-state index >= 15 is 0 Å². The van der Waals surface area contributed by atoms with E-state index in [0.29, 0.717) is 11.3 Å². The Morgan fingerprint density at radius 1 is 0.235 bits per heavy atom. The molecular weight excluding hydrogens is 1380 g/mol. The maximum Gasteiger partial charge on any atom is 0 e. The van der Waals surface area contributed by atoms with Crippen molar-refractivity contribution in [3.05, 3.63) is 303 Å². The Balaban J connectivity index is 0.000000232. The maximum atomic E-state index is 2.62. The van der Waals surface area contributed by atoms with Gasteiger partial charge in [0.15, 0.2) is 0 Å². The first-order chi connectivity index (χ1) is 46.6. The molecule has 4 fully saturated rings. The summed E-state index contributed by atoms with van der Waals surface area (Å²) >= 11 is 0. The van der Waals surface area contributed by atoms with Gasteiger partial charge in [-0.2, -0.15) is 0 Å². The van der Waals surface area contributed by atoms with E-state index in [1.807, 2.05) is 0 Å². The number of hydrogen-bond acceptors (Lipinski definition) is 0. The van der Waals surface area contributed by atoms with Crippen molar-refractivity contribution in [2.45, 2.75) is 154 Å². The monoisotopic (exact) mass is 1490 g/mol. The first kappa shape index (κ1) is 81.1. The van der Waals surface area contributed by atoms with Crippen LogP contribution in [0.5, 0.6) is 0 Å². The van der Waals surface area contributed by atoms with Gasteiger partial charge in [-0.25, -0.2) is 0 Å². The van der Waals surface area contributed by atoms with Gasteiger partial charge in [0.25, 0.3) is 0 Å². The van der Waals surface area contributed by atoms with Gasteiger partial charge in [-0.1, -0.05) is 425 Å². The Labute approximate surface area is 623 Å². The van der Waals surface area contributed by atoms with Crippen LogP contribution in [0.1, 0.15) is 131 Å². The van der Waals surface area contributed by atoms with E-state index in [1.54, 1.807) is 31.8 Å². The van der Waals surface area contributed by atoms with Gasteiger partial charge in [0.05, 0.1) is 0 Å². The molecule has 4 aliphatic rings. The average Bonchev–Trinajstić information content (AvgIpc) is 1.60. The van der Waals surface area contributed by atoms with Crippen LogP contribution in [0.15, 0.2) is 303 Å². The van der Waals surface area contributed by atoms with Crippen LogP contribution in [0.2, 0.25) is 0 Å². The van der Waals surface area contributed by atoms with E-state index in [-0.39, 0.29) is 80.7 Å². The summed E-state index contributed by atoms with van der Waals surface area (Å²) in [6.07, 6.45) is 28.2. The van der Waals surface area contributed by atoms with Crippen molar-refractivity contribution >= 4 is 101 Å².